The summed E-state index contributed by atoms with van der Waals surface area (Å²) in [6.45, 7) is 6.03. The van der Waals surface area contributed by atoms with Crippen molar-refractivity contribution in [2.45, 2.75) is 37.3 Å². The van der Waals surface area contributed by atoms with Crippen LogP contribution >= 0.6 is 11.8 Å². The number of rotatable bonds is 5. The summed E-state index contributed by atoms with van der Waals surface area (Å²) in [7, 11) is 0. The average Bonchev–Trinajstić information content (AvgIpc) is 2.24. The lowest BCUT2D eigenvalue weighted by Crippen LogP contribution is -2.23. The maximum absolute atomic E-state index is 11.2. The molecular weight excluding hydrogens is 220 g/mol. The number of aryl methyl sites for hydroxylation is 1. The van der Waals surface area contributed by atoms with Gasteiger partial charge < -0.3 is 5.11 Å². The molecule has 0 radical (unpaired) electrons. The topological polar surface area (TPSA) is 37.3 Å². The van der Waals surface area contributed by atoms with Gasteiger partial charge in [-0.25, -0.2) is 0 Å². The first-order valence-electron chi connectivity index (χ1n) is 5.50. The van der Waals surface area contributed by atoms with Crippen LogP contribution in [0.15, 0.2) is 29.2 Å². The van der Waals surface area contributed by atoms with E-state index in [0.717, 1.165) is 11.3 Å². The van der Waals surface area contributed by atoms with E-state index in [9.17, 15) is 9.90 Å². The van der Waals surface area contributed by atoms with Crippen molar-refractivity contribution in [3.8, 4) is 0 Å². The molecule has 0 aromatic heterocycles. The van der Waals surface area contributed by atoms with Crippen molar-refractivity contribution in [1.82, 2.24) is 0 Å². The van der Waals surface area contributed by atoms with Gasteiger partial charge in [0.25, 0.3) is 0 Å². The van der Waals surface area contributed by atoms with Crippen LogP contribution in [0.4, 0.5) is 0 Å². The fraction of sp³-hybridized carbons (Fsp3) is 0.462. The Morgan fingerprint density at radius 2 is 2.19 bits per heavy atom. The van der Waals surface area contributed by atoms with Crippen molar-refractivity contribution >= 4 is 17.7 Å². The van der Waals surface area contributed by atoms with Gasteiger partial charge in [-0.1, -0.05) is 38.0 Å². The molecule has 0 fully saturated rings. The van der Waals surface area contributed by atoms with Crippen LogP contribution < -0.4 is 0 Å². The lowest BCUT2D eigenvalue weighted by molar-refractivity contribution is -0.137. The summed E-state index contributed by atoms with van der Waals surface area (Å²) < 4.78 is 0. The molecule has 1 N–H and O–H groups in total. The van der Waals surface area contributed by atoms with E-state index in [-0.39, 0.29) is 11.2 Å². The van der Waals surface area contributed by atoms with Gasteiger partial charge in [-0.15, -0.1) is 11.8 Å². The van der Waals surface area contributed by atoms with Crippen molar-refractivity contribution < 1.29 is 9.90 Å². The first-order valence-corrected chi connectivity index (χ1v) is 6.38. The number of carboxylic acids is 1. The Hall–Kier alpha value is -0.960. The van der Waals surface area contributed by atoms with Crippen LogP contribution in [0.1, 0.15) is 25.8 Å². The SMILES string of the molecule is CCC(C)C(Sc1cccc(C)c1)C(=O)O. The Kier molecular flexibility index (Phi) is 4.87. The summed E-state index contributed by atoms with van der Waals surface area (Å²) >= 11 is 1.44. The van der Waals surface area contributed by atoms with Crippen LogP contribution in [-0.2, 0) is 4.79 Å². The molecule has 0 amide bonds. The van der Waals surface area contributed by atoms with Gasteiger partial charge in [0.1, 0.15) is 5.25 Å². The first-order chi connectivity index (χ1) is 7.54. The Bertz CT molecular complexity index is 363. The number of carbonyl (C=O) groups is 1. The second kappa shape index (κ2) is 5.94. The highest BCUT2D eigenvalue weighted by atomic mass is 32.2. The molecule has 2 nitrogen and oxygen atoms in total. The van der Waals surface area contributed by atoms with Crippen molar-refractivity contribution in [3.05, 3.63) is 29.8 Å². The zero-order valence-corrected chi connectivity index (χ0v) is 10.8. The maximum Gasteiger partial charge on any atom is 0.317 e. The van der Waals surface area contributed by atoms with E-state index >= 15 is 0 Å². The summed E-state index contributed by atoms with van der Waals surface area (Å²) in [6, 6.07) is 7.98. The molecule has 0 saturated carbocycles. The normalized spacial score (nSPS) is 14.4. The predicted molar refractivity (Wildman–Crippen MR) is 67.9 cm³/mol. The standard InChI is InChI=1S/C13H18O2S/c1-4-10(3)12(13(14)15)16-11-7-5-6-9(2)8-11/h5-8,10,12H,4H2,1-3H3,(H,14,15). The molecule has 0 aliphatic rings. The third kappa shape index (κ3) is 3.56. The zero-order valence-electron chi connectivity index (χ0n) is 9.93. The smallest absolute Gasteiger partial charge is 0.317 e. The van der Waals surface area contributed by atoms with Crippen molar-refractivity contribution in [1.29, 1.82) is 0 Å². The van der Waals surface area contributed by atoms with E-state index < -0.39 is 5.97 Å². The van der Waals surface area contributed by atoms with E-state index in [1.807, 2.05) is 45.0 Å². The van der Waals surface area contributed by atoms with E-state index in [1.165, 1.54) is 17.3 Å². The average molecular weight is 238 g/mol. The summed E-state index contributed by atoms with van der Waals surface area (Å²) in [5.74, 6) is -0.538. The van der Waals surface area contributed by atoms with Gasteiger partial charge in [-0.05, 0) is 25.0 Å². The molecular formula is C13H18O2S. The van der Waals surface area contributed by atoms with Gasteiger partial charge >= 0.3 is 5.97 Å². The molecule has 2 unspecified atom stereocenters. The van der Waals surface area contributed by atoms with E-state index in [2.05, 4.69) is 0 Å². The highest BCUT2D eigenvalue weighted by molar-refractivity contribution is 8.00. The Balaban J connectivity index is 2.79. The quantitative estimate of drug-likeness (QED) is 0.797. The van der Waals surface area contributed by atoms with Gasteiger partial charge in [-0.3, -0.25) is 4.79 Å². The molecule has 0 aliphatic heterocycles. The second-order valence-corrected chi connectivity index (χ2v) is 5.29. The summed E-state index contributed by atoms with van der Waals surface area (Å²) in [5.41, 5.74) is 1.17. The molecule has 0 bridgehead atoms. The second-order valence-electron chi connectivity index (χ2n) is 4.08. The van der Waals surface area contributed by atoms with E-state index in [4.69, 9.17) is 0 Å². The molecule has 0 saturated heterocycles. The van der Waals surface area contributed by atoms with Crippen molar-refractivity contribution in [2.75, 3.05) is 0 Å². The molecule has 1 aromatic carbocycles. The molecule has 88 valence electrons. The number of hydrogen-bond acceptors (Lipinski definition) is 2. The van der Waals surface area contributed by atoms with E-state index in [1.54, 1.807) is 0 Å². The molecule has 0 aliphatic carbocycles. The first kappa shape index (κ1) is 13.1. The minimum atomic E-state index is -0.721. The summed E-state index contributed by atoms with van der Waals surface area (Å²) in [6.07, 6.45) is 0.885. The van der Waals surface area contributed by atoms with Crippen molar-refractivity contribution in [3.63, 3.8) is 0 Å². The van der Waals surface area contributed by atoms with Gasteiger partial charge in [0, 0.05) is 4.90 Å². The lowest BCUT2D eigenvalue weighted by atomic mass is 10.1. The molecule has 0 spiro atoms. The predicted octanol–water partition coefficient (Wildman–Crippen LogP) is 3.59. The largest absolute Gasteiger partial charge is 0.480 e. The molecule has 0 heterocycles. The fourth-order valence-corrected chi connectivity index (χ4v) is 2.69. The van der Waals surface area contributed by atoms with Gasteiger partial charge in [0.2, 0.25) is 0 Å². The fourth-order valence-electron chi connectivity index (χ4n) is 1.46. The van der Waals surface area contributed by atoms with Crippen LogP contribution in [0.3, 0.4) is 0 Å². The van der Waals surface area contributed by atoms with E-state index in [0.29, 0.717) is 0 Å². The zero-order chi connectivity index (χ0) is 12.1. The Labute approximate surface area is 101 Å². The number of thioether (sulfide) groups is 1. The number of aliphatic carboxylic acids is 1. The minimum Gasteiger partial charge on any atom is -0.480 e. The number of benzene rings is 1. The summed E-state index contributed by atoms with van der Waals surface area (Å²) in [4.78, 5) is 12.2. The molecule has 16 heavy (non-hydrogen) atoms. The maximum atomic E-state index is 11.2. The number of hydrogen-bond donors (Lipinski definition) is 1. The Morgan fingerprint density at radius 3 is 2.69 bits per heavy atom. The highest BCUT2D eigenvalue weighted by Gasteiger charge is 2.24. The minimum absolute atomic E-state index is 0.183. The van der Waals surface area contributed by atoms with Crippen LogP contribution in [0.2, 0.25) is 0 Å². The monoisotopic (exact) mass is 238 g/mol. The Morgan fingerprint density at radius 1 is 1.50 bits per heavy atom. The molecule has 1 rings (SSSR count). The lowest BCUT2D eigenvalue weighted by Gasteiger charge is -2.18. The third-order valence-corrected chi connectivity index (χ3v) is 4.10. The van der Waals surface area contributed by atoms with Crippen LogP contribution in [0.5, 0.6) is 0 Å². The number of carboxylic acid groups (broad SMARTS) is 1. The van der Waals surface area contributed by atoms with Gasteiger partial charge in [0.05, 0.1) is 0 Å². The van der Waals surface area contributed by atoms with Crippen molar-refractivity contribution in [2.24, 2.45) is 5.92 Å². The molecule has 1 aromatic rings. The van der Waals surface area contributed by atoms with Crippen LogP contribution in [0, 0.1) is 12.8 Å². The van der Waals surface area contributed by atoms with Gasteiger partial charge in [0.15, 0.2) is 0 Å². The van der Waals surface area contributed by atoms with Crippen LogP contribution in [-0.4, -0.2) is 16.3 Å². The highest BCUT2D eigenvalue weighted by Crippen LogP contribution is 2.30. The molecule has 2 atom stereocenters. The molecule has 3 heteroatoms. The third-order valence-electron chi connectivity index (χ3n) is 2.66. The summed E-state index contributed by atoms with van der Waals surface area (Å²) in [5, 5.41) is 8.83. The van der Waals surface area contributed by atoms with Gasteiger partial charge in [-0.2, -0.15) is 0 Å². The van der Waals surface area contributed by atoms with Crippen LogP contribution in [0.25, 0.3) is 0 Å².